The molecule has 8 nitrogen and oxygen atoms in total. The molecule has 38 heavy (non-hydrogen) atoms. The summed E-state index contributed by atoms with van der Waals surface area (Å²) in [6.07, 6.45) is 1.19. The summed E-state index contributed by atoms with van der Waals surface area (Å²) < 4.78 is 13.0. The molecule has 3 amide bonds. The van der Waals surface area contributed by atoms with Crippen molar-refractivity contribution in [3.63, 3.8) is 0 Å². The number of nitrogens with zero attached hydrogens (tertiary/aromatic N) is 3. The minimum absolute atomic E-state index is 0.00827. The standard InChI is InChI=1S/C27H30Cl2N4O4S/c1-17-18(2)33(11-10-32(17)21-5-3-4-20(28)13-21)26(36)19-6-7-23(22(29)12-19)38(37)14-25(35)31-15-27(16-31)9-8-24(34)30-27/h3-7,12-13,17-18H,8-11,14-16H2,1-2H3,(H,30,34)/t17?,18-,38?/m0/s1. The molecule has 0 saturated carbocycles. The number of nitrogens with one attached hydrogen (secondary N) is 1. The lowest BCUT2D eigenvalue weighted by molar-refractivity contribution is -0.137. The summed E-state index contributed by atoms with van der Waals surface area (Å²) in [7, 11) is -1.65. The average Bonchev–Trinajstić information content (AvgIpc) is 3.26. The maximum atomic E-state index is 13.4. The number of carbonyl (C=O) groups is 3. The van der Waals surface area contributed by atoms with Crippen LogP contribution in [0.4, 0.5) is 5.69 Å². The first-order valence-electron chi connectivity index (χ1n) is 12.7. The van der Waals surface area contributed by atoms with Gasteiger partial charge in [0.25, 0.3) is 5.91 Å². The van der Waals surface area contributed by atoms with Gasteiger partial charge < -0.3 is 20.0 Å². The van der Waals surface area contributed by atoms with Gasteiger partial charge in [0.1, 0.15) is 5.75 Å². The average molecular weight is 578 g/mol. The molecule has 5 rings (SSSR count). The van der Waals surface area contributed by atoms with Gasteiger partial charge >= 0.3 is 0 Å². The van der Waals surface area contributed by atoms with Gasteiger partial charge in [0, 0.05) is 61.0 Å². The highest BCUT2D eigenvalue weighted by atomic mass is 35.5. The first-order valence-corrected chi connectivity index (χ1v) is 14.7. The third-order valence-corrected chi connectivity index (χ3v) is 9.93. The molecule has 11 heteroatoms. The number of rotatable bonds is 5. The summed E-state index contributed by atoms with van der Waals surface area (Å²) in [4.78, 5) is 43.6. The normalized spacial score (nSPS) is 23.3. The molecule has 0 aromatic heterocycles. The second-order valence-corrected chi connectivity index (χ2v) is 12.6. The molecule has 3 atom stereocenters. The summed E-state index contributed by atoms with van der Waals surface area (Å²) in [5, 5.41) is 3.80. The molecule has 3 saturated heterocycles. The fraction of sp³-hybridized carbons (Fsp3) is 0.444. The molecule has 3 heterocycles. The second kappa shape index (κ2) is 10.5. The molecule has 0 radical (unpaired) electrons. The van der Waals surface area contributed by atoms with E-state index in [2.05, 4.69) is 17.1 Å². The Kier molecular flexibility index (Phi) is 7.46. The minimum Gasteiger partial charge on any atom is -0.365 e. The van der Waals surface area contributed by atoms with Gasteiger partial charge in [-0.1, -0.05) is 29.3 Å². The Morgan fingerprint density at radius 3 is 2.50 bits per heavy atom. The van der Waals surface area contributed by atoms with Crippen molar-refractivity contribution in [1.29, 1.82) is 0 Å². The molecule has 3 aliphatic heterocycles. The molecule has 3 fully saturated rings. The summed E-state index contributed by atoms with van der Waals surface area (Å²) in [5.41, 5.74) is 1.12. The van der Waals surface area contributed by atoms with Gasteiger partial charge in [-0.05, 0) is 56.7 Å². The minimum atomic E-state index is -1.65. The van der Waals surface area contributed by atoms with Gasteiger partial charge in [0.2, 0.25) is 11.8 Å². The predicted octanol–water partition coefficient (Wildman–Crippen LogP) is 3.33. The number of anilines is 1. The largest absolute Gasteiger partial charge is 0.365 e. The molecule has 0 bridgehead atoms. The number of amides is 3. The fourth-order valence-electron chi connectivity index (χ4n) is 5.59. The Hall–Kier alpha value is -2.62. The van der Waals surface area contributed by atoms with E-state index in [9.17, 15) is 18.6 Å². The van der Waals surface area contributed by atoms with Gasteiger partial charge in [0.15, 0.2) is 0 Å². The number of piperazine rings is 1. The molecule has 2 aromatic carbocycles. The highest BCUT2D eigenvalue weighted by Crippen LogP contribution is 2.32. The lowest BCUT2D eigenvalue weighted by Crippen LogP contribution is -2.68. The number of carbonyl (C=O) groups excluding carboxylic acids is 3. The van der Waals surface area contributed by atoms with Crippen LogP contribution in [0.25, 0.3) is 0 Å². The van der Waals surface area contributed by atoms with Crippen molar-refractivity contribution in [3.8, 4) is 0 Å². The van der Waals surface area contributed by atoms with Crippen LogP contribution < -0.4 is 10.2 Å². The number of hydrogen-bond donors (Lipinski definition) is 1. The van der Waals surface area contributed by atoms with Gasteiger partial charge in [0.05, 0.1) is 26.3 Å². The zero-order valence-corrected chi connectivity index (χ0v) is 23.6. The van der Waals surface area contributed by atoms with Crippen LogP contribution >= 0.6 is 23.2 Å². The second-order valence-electron chi connectivity index (χ2n) is 10.4. The SMILES string of the molecule is CC1[C@H](C)N(C(=O)c2ccc(S(=O)CC(=O)N3CC4(CCC(=O)N4)C3)c(Cl)c2)CCN1c1cccc(Cl)c1. The molecule has 1 N–H and O–H groups in total. The van der Waals surface area contributed by atoms with E-state index in [-0.39, 0.29) is 46.1 Å². The van der Waals surface area contributed by atoms with Crippen LogP contribution in [0.5, 0.6) is 0 Å². The van der Waals surface area contributed by atoms with E-state index in [4.69, 9.17) is 23.2 Å². The quantitative estimate of drug-likeness (QED) is 0.589. The summed E-state index contributed by atoms with van der Waals surface area (Å²) in [6.45, 7) is 6.19. The smallest absolute Gasteiger partial charge is 0.254 e. The maximum absolute atomic E-state index is 13.4. The van der Waals surface area contributed by atoms with E-state index in [1.54, 1.807) is 17.0 Å². The van der Waals surface area contributed by atoms with Crippen molar-refractivity contribution < 1.29 is 18.6 Å². The van der Waals surface area contributed by atoms with Crippen molar-refractivity contribution in [3.05, 3.63) is 58.1 Å². The Morgan fingerprint density at radius 1 is 1.08 bits per heavy atom. The lowest BCUT2D eigenvalue weighted by atomic mass is 9.88. The third-order valence-electron chi connectivity index (χ3n) is 7.92. The van der Waals surface area contributed by atoms with E-state index in [1.807, 2.05) is 36.1 Å². The molecular weight excluding hydrogens is 547 g/mol. The fourth-order valence-corrected chi connectivity index (χ4v) is 7.27. The molecule has 2 unspecified atom stereocenters. The first-order chi connectivity index (χ1) is 18.1. The molecular formula is C27H30Cl2N4O4S. The van der Waals surface area contributed by atoms with E-state index < -0.39 is 10.8 Å². The maximum Gasteiger partial charge on any atom is 0.254 e. The lowest BCUT2D eigenvalue weighted by Gasteiger charge is -2.47. The van der Waals surface area contributed by atoms with Crippen LogP contribution in [0.3, 0.4) is 0 Å². The van der Waals surface area contributed by atoms with Crippen molar-refractivity contribution in [1.82, 2.24) is 15.1 Å². The van der Waals surface area contributed by atoms with Crippen molar-refractivity contribution in [2.24, 2.45) is 0 Å². The van der Waals surface area contributed by atoms with E-state index >= 15 is 0 Å². The Bertz CT molecular complexity index is 1320. The van der Waals surface area contributed by atoms with Crippen LogP contribution in [0.1, 0.15) is 37.0 Å². The van der Waals surface area contributed by atoms with Crippen molar-refractivity contribution >= 4 is 57.4 Å². The van der Waals surface area contributed by atoms with Gasteiger partial charge in [-0.15, -0.1) is 0 Å². The van der Waals surface area contributed by atoms with Crippen LogP contribution in [-0.2, 0) is 20.4 Å². The highest BCUT2D eigenvalue weighted by Gasteiger charge is 2.49. The zero-order chi connectivity index (χ0) is 27.2. The van der Waals surface area contributed by atoms with E-state index in [1.165, 1.54) is 6.07 Å². The molecule has 1 spiro atoms. The summed E-state index contributed by atoms with van der Waals surface area (Å²) in [5.74, 6) is -0.577. The van der Waals surface area contributed by atoms with Gasteiger partial charge in [-0.25, -0.2) is 0 Å². The number of likely N-dealkylation sites (tertiary alicyclic amines) is 1. The molecule has 0 aliphatic carbocycles. The first kappa shape index (κ1) is 27.0. The number of benzene rings is 2. The molecule has 202 valence electrons. The highest BCUT2D eigenvalue weighted by molar-refractivity contribution is 7.85. The van der Waals surface area contributed by atoms with Crippen molar-refractivity contribution in [2.45, 2.75) is 49.2 Å². The number of halogens is 2. The summed E-state index contributed by atoms with van der Waals surface area (Å²) in [6, 6.07) is 12.4. The Morgan fingerprint density at radius 2 is 1.84 bits per heavy atom. The Balaban J connectivity index is 1.21. The number of hydrogen-bond acceptors (Lipinski definition) is 5. The van der Waals surface area contributed by atoms with E-state index in [0.29, 0.717) is 54.5 Å². The predicted molar refractivity (Wildman–Crippen MR) is 148 cm³/mol. The van der Waals surface area contributed by atoms with Gasteiger partial charge in [-0.3, -0.25) is 18.6 Å². The molecule has 3 aliphatic rings. The third kappa shape index (κ3) is 5.16. The van der Waals surface area contributed by atoms with Crippen LogP contribution in [0.15, 0.2) is 47.4 Å². The van der Waals surface area contributed by atoms with Crippen molar-refractivity contribution in [2.75, 3.05) is 36.8 Å². The topological polar surface area (TPSA) is 90.0 Å². The zero-order valence-electron chi connectivity index (χ0n) is 21.3. The van der Waals surface area contributed by atoms with E-state index in [0.717, 1.165) is 5.69 Å². The van der Waals surface area contributed by atoms with Crippen LogP contribution in [-0.4, -0.2) is 81.3 Å². The monoisotopic (exact) mass is 576 g/mol. The Labute approximate surface area is 234 Å². The van der Waals surface area contributed by atoms with Gasteiger partial charge in [-0.2, -0.15) is 0 Å². The molecule has 2 aromatic rings. The van der Waals surface area contributed by atoms with Crippen LogP contribution in [0.2, 0.25) is 10.0 Å². The van der Waals surface area contributed by atoms with Crippen LogP contribution in [0, 0.1) is 0 Å². The summed E-state index contributed by atoms with van der Waals surface area (Å²) >= 11 is 12.6.